The number of imidazole rings is 1. The van der Waals surface area contributed by atoms with Crippen molar-refractivity contribution in [2.24, 2.45) is 0 Å². The standard InChI is InChI=1S/C12H18N4/c1-5-8(4)9-10-12(14-6-13-10)16-11(15-9)7(2)3/h6-8H,5H2,1-4H3,(H,13,14,15,16). The highest BCUT2D eigenvalue weighted by Crippen LogP contribution is 2.24. The van der Waals surface area contributed by atoms with E-state index >= 15 is 0 Å². The molecule has 16 heavy (non-hydrogen) atoms. The van der Waals surface area contributed by atoms with E-state index in [1.165, 1.54) is 0 Å². The van der Waals surface area contributed by atoms with Crippen molar-refractivity contribution in [1.82, 2.24) is 19.9 Å². The zero-order valence-corrected chi connectivity index (χ0v) is 10.3. The van der Waals surface area contributed by atoms with Gasteiger partial charge in [0.2, 0.25) is 0 Å². The number of rotatable bonds is 3. The first kappa shape index (κ1) is 11.0. The summed E-state index contributed by atoms with van der Waals surface area (Å²) in [4.78, 5) is 16.5. The largest absolute Gasteiger partial charge is 0.342 e. The summed E-state index contributed by atoms with van der Waals surface area (Å²) in [5.41, 5.74) is 2.86. The Morgan fingerprint density at radius 1 is 1.25 bits per heavy atom. The third kappa shape index (κ3) is 1.79. The maximum Gasteiger partial charge on any atom is 0.181 e. The fourth-order valence-electron chi connectivity index (χ4n) is 1.68. The molecular formula is C12H18N4. The van der Waals surface area contributed by atoms with Gasteiger partial charge in [0.25, 0.3) is 0 Å². The molecule has 0 aromatic carbocycles. The van der Waals surface area contributed by atoms with Gasteiger partial charge in [-0.15, -0.1) is 0 Å². The van der Waals surface area contributed by atoms with Gasteiger partial charge in [0, 0.05) is 11.8 Å². The predicted molar refractivity (Wildman–Crippen MR) is 64.5 cm³/mol. The molecular weight excluding hydrogens is 200 g/mol. The number of aromatic amines is 1. The highest BCUT2D eigenvalue weighted by Gasteiger charge is 2.15. The van der Waals surface area contributed by atoms with Crippen LogP contribution in [0.2, 0.25) is 0 Å². The summed E-state index contributed by atoms with van der Waals surface area (Å²) >= 11 is 0. The summed E-state index contributed by atoms with van der Waals surface area (Å²) in [7, 11) is 0. The van der Waals surface area contributed by atoms with Gasteiger partial charge in [0.15, 0.2) is 5.65 Å². The van der Waals surface area contributed by atoms with E-state index in [9.17, 15) is 0 Å². The van der Waals surface area contributed by atoms with Crippen molar-refractivity contribution in [1.29, 1.82) is 0 Å². The van der Waals surface area contributed by atoms with E-state index in [0.29, 0.717) is 11.8 Å². The molecule has 0 fully saturated rings. The van der Waals surface area contributed by atoms with Crippen LogP contribution in [0, 0.1) is 0 Å². The molecule has 1 unspecified atom stereocenters. The van der Waals surface area contributed by atoms with Gasteiger partial charge in [-0.1, -0.05) is 27.7 Å². The molecule has 2 heterocycles. The summed E-state index contributed by atoms with van der Waals surface area (Å²) in [5.74, 6) is 1.65. The second kappa shape index (κ2) is 4.20. The monoisotopic (exact) mass is 218 g/mol. The summed E-state index contributed by atoms with van der Waals surface area (Å²) in [6.45, 7) is 8.57. The highest BCUT2D eigenvalue weighted by atomic mass is 15.0. The van der Waals surface area contributed by atoms with E-state index in [-0.39, 0.29) is 0 Å². The van der Waals surface area contributed by atoms with Crippen LogP contribution in [-0.4, -0.2) is 19.9 Å². The Morgan fingerprint density at radius 3 is 2.62 bits per heavy atom. The van der Waals surface area contributed by atoms with E-state index in [1.54, 1.807) is 6.33 Å². The molecule has 0 spiro atoms. The van der Waals surface area contributed by atoms with Crippen molar-refractivity contribution in [2.45, 2.75) is 46.0 Å². The summed E-state index contributed by atoms with van der Waals surface area (Å²) in [5, 5.41) is 0. The first-order valence-electron chi connectivity index (χ1n) is 5.84. The maximum atomic E-state index is 4.66. The molecule has 0 aliphatic rings. The third-order valence-corrected chi connectivity index (χ3v) is 2.93. The number of fused-ring (bicyclic) bond motifs is 1. The number of hydrogen-bond donors (Lipinski definition) is 1. The fraction of sp³-hybridized carbons (Fsp3) is 0.583. The molecule has 1 N–H and O–H groups in total. The summed E-state index contributed by atoms with van der Waals surface area (Å²) < 4.78 is 0. The van der Waals surface area contributed by atoms with Crippen LogP contribution in [0.25, 0.3) is 11.2 Å². The minimum Gasteiger partial charge on any atom is -0.342 e. The smallest absolute Gasteiger partial charge is 0.181 e. The molecule has 86 valence electrons. The lowest BCUT2D eigenvalue weighted by molar-refractivity contribution is 0.686. The number of aromatic nitrogens is 4. The number of nitrogens with zero attached hydrogens (tertiary/aromatic N) is 3. The second-order valence-corrected chi connectivity index (χ2v) is 4.53. The van der Waals surface area contributed by atoms with Crippen molar-refractivity contribution in [3.8, 4) is 0 Å². The third-order valence-electron chi connectivity index (χ3n) is 2.93. The van der Waals surface area contributed by atoms with Gasteiger partial charge >= 0.3 is 0 Å². The predicted octanol–water partition coefficient (Wildman–Crippen LogP) is 2.99. The molecule has 2 aromatic heterocycles. The average molecular weight is 218 g/mol. The molecule has 0 aliphatic carbocycles. The Hall–Kier alpha value is -1.45. The van der Waals surface area contributed by atoms with Gasteiger partial charge < -0.3 is 4.98 Å². The number of H-pyrrole nitrogens is 1. The van der Waals surface area contributed by atoms with Crippen LogP contribution in [0.5, 0.6) is 0 Å². The highest BCUT2D eigenvalue weighted by molar-refractivity contribution is 5.73. The lowest BCUT2D eigenvalue weighted by Crippen LogP contribution is -2.05. The number of nitrogens with one attached hydrogen (secondary N) is 1. The van der Waals surface area contributed by atoms with Crippen LogP contribution in [0.3, 0.4) is 0 Å². The van der Waals surface area contributed by atoms with Gasteiger partial charge in [-0.2, -0.15) is 0 Å². The Balaban J connectivity index is 2.63. The van der Waals surface area contributed by atoms with E-state index in [1.807, 2.05) is 0 Å². The molecule has 0 aliphatic heterocycles. The quantitative estimate of drug-likeness (QED) is 0.861. The molecule has 4 heteroatoms. The van der Waals surface area contributed by atoms with E-state index in [0.717, 1.165) is 29.1 Å². The molecule has 2 aromatic rings. The average Bonchev–Trinajstić information content (AvgIpc) is 2.74. The SMILES string of the molecule is CCC(C)c1nc(C(C)C)nc2nc[nH]c12. The van der Waals surface area contributed by atoms with E-state index < -0.39 is 0 Å². The van der Waals surface area contributed by atoms with Crippen LogP contribution in [0.4, 0.5) is 0 Å². The molecule has 0 amide bonds. The van der Waals surface area contributed by atoms with Crippen LogP contribution in [-0.2, 0) is 0 Å². The Kier molecular flexibility index (Phi) is 2.90. The van der Waals surface area contributed by atoms with Crippen molar-refractivity contribution in [3.05, 3.63) is 17.8 Å². The minimum atomic E-state index is 0.337. The Bertz CT molecular complexity index is 487. The molecule has 4 nitrogen and oxygen atoms in total. The second-order valence-electron chi connectivity index (χ2n) is 4.53. The van der Waals surface area contributed by atoms with E-state index in [2.05, 4.69) is 47.6 Å². The van der Waals surface area contributed by atoms with Crippen molar-refractivity contribution >= 4 is 11.2 Å². The van der Waals surface area contributed by atoms with Crippen LogP contribution < -0.4 is 0 Å². The summed E-state index contributed by atoms with van der Waals surface area (Å²) in [6.07, 6.45) is 2.76. The fourth-order valence-corrected chi connectivity index (χ4v) is 1.68. The molecule has 0 bridgehead atoms. The van der Waals surface area contributed by atoms with Gasteiger partial charge in [-0.25, -0.2) is 15.0 Å². The van der Waals surface area contributed by atoms with Crippen LogP contribution in [0.15, 0.2) is 6.33 Å². The van der Waals surface area contributed by atoms with Crippen molar-refractivity contribution in [3.63, 3.8) is 0 Å². The lowest BCUT2D eigenvalue weighted by Gasteiger charge is -2.11. The number of hydrogen-bond acceptors (Lipinski definition) is 3. The van der Waals surface area contributed by atoms with E-state index in [4.69, 9.17) is 0 Å². The zero-order valence-electron chi connectivity index (χ0n) is 10.3. The van der Waals surface area contributed by atoms with Crippen molar-refractivity contribution < 1.29 is 0 Å². The summed E-state index contributed by atoms with van der Waals surface area (Å²) in [6, 6.07) is 0. The lowest BCUT2D eigenvalue weighted by atomic mass is 10.0. The first-order chi connectivity index (χ1) is 7.63. The van der Waals surface area contributed by atoms with Gasteiger partial charge in [-0.05, 0) is 6.42 Å². The molecule has 0 saturated carbocycles. The maximum absolute atomic E-state index is 4.66. The topological polar surface area (TPSA) is 54.5 Å². The van der Waals surface area contributed by atoms with Gasteiger partial charge in [0.1, 0.15) is 11.3 Å². The minimum absolute atomic E-state index is 0.337. The van der Waals surface area contributed by atoms with Crippen molar-refractivity contribution in [2.75, 3.05) is 0 Å². The molecule has 0 saturated heterocycles. The Labute approximate surface area is 95.5 Å². The molecule has 1 atom stereocenters. The Morgan fingerprint density at radius 2 is 2.00 bits per heavy atom. The molecule has 0 radical (unpaired) electrons. The van der Waals surface area contributed by atoms with Gasteiger partial charge in [0.05, 0.1) is 12.0 Å². The molecule has 2 rings (SSSR count). The van der Waals surface area contributed by atoms with Crippen LogP contribution >= 0.6 is 0 Å². The van der Waals surface area contributed by atoms with Gasteiger partial charge in [-0.3, -0.25) is 0 Å². The first-order valence-corrected chi connectivity index (χ1v) is 5.84. The van der Waals surface area contributed by atoms with Crippen LogP contribution in [0.1, 0.15) is 57.5 Å². The zero-order chi connectivity index (χ0) is 11.7. The normalized spacial score (nSPS) is 13.6.